The number of unbranched alkanes of at least 4 members (excludes halogenated alkanes) is 9. The Kier molecular flexibility index (Phi) is 21.0. The minimum Gasteiger partial charge on any atom is -0.390 e. The van der Waals surface area contributed by atoms with Gasteiger partial charge in [-0.1, -0.05) is 71.1 Å². The lowest BCUT2D eigenvalue weighted by Crippen LogP contribution is -2.34. The van der Waals surface area contributed by atoms with E-state index < -0.39 is 6.10 Å². The summed E-state index contributed by atoms with van der Waals surface area (Å²) in [5.41, 5.74) is 0. The lowest BCUT2D eigenvalue weighted by molar-refractivity contribution is -0.117. The Labute approximate surface area is 192 Å². The molecular formula is C26H52O5. The minimum atomic E-state index is -0.414. The van der Waals surface area contributed by atoms with Crippen molar-refractivity contribution in [1.82, 2.24) is 0 Å². The topological polar surface area (TPSA) is 65.0 Å². The first-order valence-electron chi connectivity index (χ1n) is 12.8. The van der Waals surface area contributed by atoms with Crippen LogP contribution < -0.4 is 0 Å². The zero-order chi connectivity index (χ0) is 23.3. The van der Waals surface area contributed by atoms with Crippen LogP contribution in [0.5, 0.6) is 0 Å². The number of ketones is 1. The monoisotopic (exact) mass is 444 g/mol. The van der Waals surface area contributed by atoms with Crippen molar-refractivity contribution >= 4 is 5.78 Å². The molecule has 0 heterocycles. The second-order valence-corrected chi connectivity index (χ2v) is 9.22. The van der Waals surface area contributed by atoms with E-state index in [4.69, 9.17) is 14.2 Å². The molecule has 0 amide bonds. The molecule has 4 unspecified atom stereocenters. The number of Topliss-reactive ketones (excluding diaryl/α,β-unsaturated/α-hetero) is 1. The highest BCUT2D eigenvalue weighted by Crippen LogP contribution is 2.19. The maximum atomic E-state index is 11.0. The third kappa shape index (κ3) is 19.9. The van der Waals surface area contributed by atoms with Crippen molar-refractivity contribution in [3.63, 3.8) is 0 Å². The van der Waals surface area contributed by atoms with E-state index in [0.717, 1.165) is 51.4 Å². The fourth-order valence-corrected chi connectivity index (χ4v) is 3.84. The van der Waals surface area contributed by atoms with Gasteiger partial charge in [0.1, 0.15) is 5.78 Å². The second kappa shape index (κ2) is 21.4. The van der Waals surface area contributed by atoms with Gasteiger partial charge in [-0.25, -0.2) is 0 Å². The van der Waals surface area contributed by atoms with E-state index in [-0.39, 0.29) is 24.1 Å². The first-order valence-corrected chi connectivity index (χ1v) is 12.8. The van der Waals surface area contributed by atoms with Crippen LogP contribution in [0.4, 0.5) is 0 Å². The number of carbonyl (C=O) groups excluding carboxylic acids is 1. The van der Waals surface area contributed by atoms with Crippen LogP contribution in [0.25, 0.3) is 0 Å². The predicted octanol–water partition coefficient (Wildman–Crippen LogP) is 6.24. The van der Waals surface area contributed by atoms with E-state index in [1.807, 2.05) is 13.8 Å². The Morgan fingerprint density at radius 3 is 2.00 bits per heavy atom. The van der Waals surface area contributed by atoms with Crippen LogP contribution in [-0.2, 0) is 19.0 Å². The maximum Gasteiger partial charge on any atom is 0.129 e. The highest BCUT2D eigenvalue weighted by molar-refractivity contribution is 5.75. The summed E-state index contributed by atoms with van der Waals surface area (Å²) < 4.78 is 17.1. The number of aliphatic hydroxyl groups excluding tert-OH is 1. The van der Waals surface area contributed by atoms with Crippen LogP contribution in [0, 0.1) is 0 Å². The standard InChI is InChI=1S/C26H52O5/c1-6-7-8-9-12-15-18-25(28)26(19-16-13-10-11-14-17-22(2)27)31-24(4)21-30-23(3)20-29-5/h23-26,28H,6-21H2,1-5H3. The SMILES string of the molecule is CCCCCCCCC(O)C(CCCCCCCC(C)=O)OC(C)COC(C)COC. The van der Waals surface area contributed by atoms with Crippen molar-refractivity contribution in [3.05, 3.63) is 0 Å². The summed E-state index contributed by atoms with van der Waals surface area (Å²) in [6.45, 7) is 8.99. The molecule has 5 heteroatoms. The van der Waals surface area contributed by atoms with Crippen LogP contribution in [0.15, 0.2) is 0 Å². The van der Waals surface area contributed by atoms with Gasteiger partial charge in [0.25, 0.3) is 0 Å². The molecule has 0 aliphatic carbocycles. The number of methoxy groups -OCH3 is 1. The zero-order valence-corrected chi connectivity index (χ0v) is 21.2. The smallest absolute Gasteiger partial charge is 0.129 e. The van der Waals surface area contributed by atoms with Gasteiger partial charge in [-0.2, -0.15) is 0 Å². The number of hydrogen-bond acceptors (Lipinski definition) is 5. The normalized spacial score (nSPS) is 15.5. The van der Waals surface area contributed by atoms with Gasteiger partial charge in [-0.3, -0.25) is 0 Å². The van der Waals surface area contributed by atoms with Crippen LogP contribution in [0.2, 0.25) is 0 Å². The molecule has 0 radical (unpaired) electrons. The van der Waals surface area contributed by atoms with Gasteiger partial charge in [0.15, 0.2) is 0 Å². The van der Waals surface area contributed by atoms with Gasteiger partial charge in [-0.05, 0) is 40.0 Å². The lowest BCUT2D eigenvalue weighted by atomic mass is 9.99. The molecule has 4 atom stereocenters. The van der Waals surface area contributed by atoms with Gasteiger partial charge < -0.3 is 24.1 Å². The van der Waals surface area contributed by atoms with E-state index >= 15 is 0 Å². The highest BCUT2D eigenvalue weighted by atomic mass is 16.6. The molecule has 0 bridgehead atoms. The van der Waals surface area contributed by atoms with E-state index in [1.165, 1.54) is 32.1 Å². The summed E-state index contributed by atoms with van der Waals surface area (Å²) in [7, 11) is 1.68. The van der Waals surface area contributed by atoms with E-state index in [0.29, 0.717) is 19.6 Å². The average molecular weight is 445 g/mol. The molecule has 0 aliphatic rings. The first-order chi connectivity index (χ1) is 14.9. The first kappa shape index (κ1) is 30.5. The Bertz CT molecular complexity index is 401. The highest BCUT2D eigenvalue weighted by Gasteiger charge is 2.22. The van der Waals surface area contributed by atoms with Crippen LogP contribution in [0.3, 0.4) is 0 Å². The van der Waals surface area contributed by atoms with E-state index in [1.54, 1.807) is 14.0 Å². The molecule has 31 heavy (non-hydrogen) atoms. The third-order valence-electron chi connectivity index (χ3n) is 5.72. The summed E-state index contributed by atoms with van der Waals surface area (Å²) in [5.74, 6) is 0.280. The quantitative estimate of drug-likeness (QED) is 0.189. The van der Waals surface area contributed by atoms with Gasteiger partial charge in [0.2, 0.25) is 0 Å². The Hall–Kier alpha value is -0.490. The number of hydrogen-bond donors (Lipinski definition) is 1. The van der Waals surface area contributed by atoms with E-state index in [9.17, 15) is 9.90 Å². The van der Waals surface area contributed by atoms with Crippen molar-refractivity contribution < 1.29 is 24.1 Å². The van der Waals surface area contributed by atoms with Gasteiger partial charge in [0, 0.05) is 13.5 Å². The zero-order valence-electron chi connectivity index (χ0n) is 21.2. The number of rotatable bonds is 23. The summed E-state index contributed by atoms with van der Waals surface area (Å²) in [6, 6.07) is 0. The van der Waals surface area contributed by atoms with Gasteiger partial charge in [-0.15, -0.1) is 0 Å². The molecule has 0 spiro atoms. The second-order valence-electron chi connectivity index (χ2n) is 9.22. The van der Waals surface area contributed by atoms with Crippen molar-refractivity contribution in [2.24, 2.45) is 0 Å². The average Bonchev–Trinajstić information content (AvgIpc) is 2.73. The molecule has 0 rings (SSSR count). The largest absolute Gasteiger partial charge is 0.390 e. The summed E-state index contributed by atoms with van der Waals surface area (Å²) in [6.07, 6.45) is 14.6. The van der Waals surface area contributed by atoms with Gasteiger partial charge in [0.05, 0.1) is 37.6 Å². The molecule has 5 nitrogen and oxygen atoms in total. The molecule has 0 fully saturated rings. The Balaban J connectivity index is 4.33. The fourth-order valence-electron chi connectivity index (χ4n) is 3.84. The molecule has 0 saturated heterocycles. The molecular weight excluding hydrogens is 392 g/mol. The molecule has 186 valence electrons. The van der Waals surface area contributed by atoms with Crippen LogP contribution >= 0.6 is 0 Å². The van der Waals surface area contributed by atoms with Crippen molar-refractivity contribution in [2.75, 3.05) is 20.3 Å². The maximum absolute atomic E-state index is 11.0. The number of aliphatic hydroxyl groups is 1. The number of ether oxygens (including phenoxy) is 3. The Morgan fingerprint density at radius 2 is 1.39 bits per heavy atom. The molecule has 1 N–H and O–H groups in total. The van der Waals surface area contributed by atoms with Crippen LogP contribution in [-0.4, -0.2) is 55.6 Å². The molecule has 0 aromatic rings. The molecule has 0 saturated carbocycles. The van der Waals surface area contributed by atoms with Gasteiger partial charge >= 0.3 is 0 Å². The van der Waals surface area contributed by atoms with Crippen molar-refractivity contribution in [3.8, 4) is 0 Å². The summed E-state index contributed by atoms with van der Waals surface area (Å²) >= 11 is 0. The third-order valence-corrected chi connectivity index (χ3v) is 5.72. The molecule has 0 aliphatic heterocycles. The minimum absolute atomic E-state index is 0.0394. The fraction of sp³-hybridized carbons (Fsp3) is 0.962. The van der Waals surface area contributed by atoms with Crippen LogP contribution in [0.1, 0.15) is 118 Å². The predicted molar refractivity (Wildman–Crippen MR) is 129 cm³/mol. The summed E-state index contributed by atoms with van der Waals surface area (Å²) in [4.78, 5) is 11.0. The van der Waals surface area contributed by atoms with Crippen molar-refractivity contribution in [1.29, 1.82) is 0 Å². The lowest BCUT2D eigenvalue weighted by Gasteiger charge is -2.27. The van der Waals surface area contributed by atoms with E-state index in [2.05, 4.69) is 6.92 Å². The summed E-state index contributed by atoms with van der Waals surface area (Å²) in [5, 5.41) is 10.8. The molecule has 0 aromatic heterocycles. The molecule has 0 aromatic carbocycles. The van der Waals surface area contributed by atoms with Crippen molar-refractivity contribution in [2.45, 2.75) is 142 Å². The Morgan fingerprint density at radius 1 is 0.806 bits per heavy atom. The number of carbonyl (C=O) groups is 1.